The number of nitrogens with zero attached hydrogens (tertiary/aromatic N) is 2. The summed E-state index contributed by atoms with van der Waals surface area (Å²) in [5.74, 6) is -1.57. The molecule has 35 heavy (non-hydrogen) atoms. The lowest BCUT2D eigenvalue weighted by molar-refractivity contribution is -0.138. The van der Waals surface area contributed by atoms with Crippen LogP contribution in [-0.2, 0) is 22.2 Å². The fraction of sp³-hybridized carbons (Fsp3) is 0.381. The highest BCUT2D eigenvalue weighted by atomic mass is 32.2. The molecule has 0 spiro atoms. The van der Waals surface area contributed by atoms with Crippen LogP contribution in [-0.4, -0.2) is 34.7 Å². The van der Waals surface area contributed by atoms with Crippen molar-refractivity contribution in [2.24, 2.45) is 5.92 Å². The van der Waals surface area contributed by atoms with E-state index in [0.717, 1.165) is 22.7 Å². The van der Waals surface area contributed by atoms with E-state index >= 15 is 0 Å². The summed E-state index contributed by atoms with van der Waals surface area (Å²) >= 11 is 0. The van der Waals surface area contributed by atoms with E-state index in [1.165, 1.54) is 6.20 Å². The third-order valence-electron chi connectivity index (χ3n) is 5.84. The second-order valence-corrected chi connectivity index (χ2v) is 10.6. The lowest BCUT2D eigenvalue weighted by atomic mass is 9.85. The summed E-state index contributed by atoms with van der Waals surface area (Å²) in [7, 11) is -4.20. The lowest BCUT2D eigenvalue weighted by Crippen LogP contribution is -2.41. The van der Waals surface area contributed by atoms with E-state index in [9.17, 15) is 44.3 Å². The molecule has 3 aromatic rings. The number of nitrogens with one attached hydrogen (secondary N) is 1. The number of aromatic nitrogens is 2. The van der Waals surface area contributed by atoms with Crippen molar-refractivity contribution in [1.82, 2.24) is 14.7 Å². The van der Waals surface area contributed by atoms with Gasteiger partial charge in [0.25, 0.3) is 0 Å². The maximum absolute atomic E-state index is 13.6. The fourth-order valence-corrected chi connectivity index (χ4v) is 5.88. The second-order valence-electron chi connectivity index (χ2n) is 8.34. The van der Waals surface area contributed by atoms with Crippen molar-refractivity contribution in [3.63, 3.8) is 0 Å². The molecule has 1 fully saturated rings. The van der Waals surface area contributed by atoms with E-state index in [-0.39, 0.29) is 42.7 Å². The number of halogens is 7. The van der Waals surface area contributed by atoms with Gasteiger partial charge in [-0.05, 0) is 49.1 Å². The number of aliphatic hydroxyl groups excluding tert-OH is 1. The summed E-state index contributed by atoms with van der Waals surface area (Å²) in [5.41, 5.74) is -2.06. The van der Waals surface area contributed by atoms with E-state index in [0.29, 0.717) is 12.1 Å². The van der Waals surface area contributed by atoms with Crippen LogP contribution in [0.5, 0.6) is 0 Å². The number of aliphatic hydroxyl groups is 1. The van der Waals surface area contributed by atoms with Gasteiger partial charge >= 0.3 is 12.4 Å². The molecule has 1 aromatic carbocycles. The molecule has 1 aliphatic rings. The predicted molar refractivity (Wildman–Crippen MR) is 108 cm³/mol. The minimum absolute atomic E-state index is 0.0484. The first-order chi connectivity index (χ1) is 16.1. The number of benzene rings is 1. The van der Waals surface area contributed by atoms with Crippen LogP contribution >= 0.6 is 0 Å². The van der Waals surface area contributed by atoms with E-state index in [1.54, 1.807) is 0 Å². The zero-order chi connectivity index (χ0) is 25.8. The van der Waals surface area contributed by atoms with Gasteiger partial charge in [0.1, 0.15) is 23.4 Å². The van der Waals surface area contributed by atoms with Gasteiger partial charge in [0.15, 0.2) is 9.84 Å². The van der Waals surface area contributed by atoms with Crippen molar-refractivity contribution < 1.29 is 44.3 Å². The van der Waals surface area contributed by atoms with Gasteiger partial charge in [-0.25, -0.2) is 17.8 Å². The molecule has 2 heterocycles. The molecular formula is C21H18F7N3O3S. The molecule has 1 aliphatic carbocycles. The van der Waals surface area contributed by atoms with Crippen LogP contribution < -0.4 is 5.32 Å². The first-order valence-corrected chi connectivity index (χ1v) is 11.8. The summed E-state index contributed by atoms with van der Waals surface area (Å²) < 4.78 is 117. The van der Waals surface area contributed by atoms with Crippen LogP contribution in [0, 0.1) is 11.7 Å². The Morgan fingerprint density at radius 2 is 1.69 bits per heavy atom. The van der Waals surface area contributed by atoms with Crippen LogP contribution in [0.1, 0.15) is 35.9 Å². The van der Waals surface area contributed by atoms with Crippen molar-refractivity contribution >= 4 is 15.5 Å². The second kappa shape index (κ2) is 8.75. The molecule has 0 aliphatic heterocycles. The quantitative estimate of drug-likeness (QED) is 0.370. The summed E-state index contributed by atoms with van der Waals surface area (Å²) in [4.78, 5) is 3.30. The number of sulfone groups is 1. The van der Waals surface area contributed by atoms with Gasteiger partial charge in [-0.1, -0.05) is 0 Å². The Morgan fingerprint density at radius 3 is 2.31 bits per heavy atom. The topological polar surface area (TPSA) is 83.7 Å². The van der Waals surface area contributed by atoms with Crippen molar-refractivity contribution in [3.05, 3.63) is 65.4 Å². The summed E-state index contributed by atoms with van der Waals surface area (Å²) in [6.07, 6.45) is -8.61. The van der Waals surface area contributed by atoms with Crippen molar-refractivity contribution in [2.75, 3.05) is 6.54 Å². The molecule has 0 amide bonds. The SMILES string of the molecule is O=S(=O)(c1cc(F)cc(C(F)(F)F)c1)C1CC(CNC(O)c2cn3cc(C(F)(F)F)ccc3n2)C1. The minimum atomic E-state index is -4.90. The highest BCUT2D eigenvalue weighted by Crippen LogP contribution is 2.38. The normalized spacial score (nSPS) is 20.1. The number of hydrogen-bond donors (Lipinski definition) is 2. The number of imidazole rings is 1. The zero-order valence-corrected chi connectivity index (χ0v) is 18.4. The number of pyridine rings is 1. The summed E-state index contributed by atoms with van der Waals surface area (Å²) in [5, 5.41) is 12.0. The molecule has 1 unspecified atom stereocenters. The third kappa shape index (κ3) is 5.28. The van der Waals surface area contributed by atoms with Crippen LogP contribution in [0.15, 0.2) is 47.6 Å². The molecule has 190 valence electrons. The standard InChI is InChI=1S/C21H18F7N3O3S/c22-14-5-13(21(26,27)28)6-16(7-14)35(33,34)15-3-11(4-15)8-29-19(32)17-10-31-9-12(20(23,24)25)1-2-18(31)30-17/h1-2,5-7,9-11,15,19,29,32H,3-4,8H2. The zero-order valence-electron chi connectivity index (χ0n) is 17.6. The molecule has 1 atom stereocenters. The molecule has 1 saturated carbocycles. The van der Waals surface area contributed by atoms with Crippen LogP contribution in [0.25, 0.3) is 5.65 Å². The molecule has 0 saturated heterocycles. The van der Waals surface area contributed by atoms with Gasteiger partial charge in [0, 0.05) is 18.9 Å². The van der Waals surface area contributed by atoms with Gasteiger partial charge in [-0.2, -0.15) is 26.3 Å². The Bertz CT molecular complexity index is 1350. The van der Waals surface area contributed by atoms with Gasteiger partial charge < -0.3 is 9.51 Å². The Morgan fingerprint density at radius 1 is 1.03 bits per heavy atom. The summed E-state index contributed by atoms with van der Waals surface area (Å²) in [6.45, 7) is 0.117. The molecule has 0 bridgehead atoms. The Kier molecular flexibility index (Phi) is 6.34. The molecule has 14 heteroatoms. The molecule has 2 N–H and O–H groups in total. The largest absolute Gasteiger partial charge is 0.417 e. The average Bonchev–Trinajstić information content (AvgIpc) is 3.14. The average molecular weight is 525 g/mol. The monoisotopic (exact) mass is 525 g/mol. The van der Waals surface area contributed by atoms with E-state index in [2.05, 4.69) is 10.3 Å². The number of alkyl halides is 6. The maximum Gasteiger partial charge on any atom is 0.417 e. The van der Waals surface area contributed by atoms with Gasteiger partial charge in [0.2, 0.25) is 0 Å². The minimum Gasteiger partial charge on any atom is -0.373 e. The first kappa shape index (κ1) is 25.4. The van der Waals surface area contributed by atoms with E-state index < -0.39 is 55.5 Å². The molecule has 6 nitrogen and oxygen atoms in total. The van der Waals surface area contributed by atoms with E-state index in [1.807, 2.05) is 0 Å². The van der Waals surface area contributed by atoms with Crippen LogP contribution in [0.4, 0.5) is 30.7 Å². The van der Waals surface area contributed by atoms with Crippen LogP contribution in [0.2, 0.25) is 0 Å². The lowest BCUT2D eigenvalue weighted by Gasteiger charge is -2.35. The first-order valence-electron chi connectivity index (χ1n) is 10.2. The predicted octanol–water partition coefficient (Wildman–Crippen LogP) is 4.34. The van der Waals surface area contributed by atoms with Crippen molar-refractivity contribution in [3.8, 4) is 0 Å². The van der Waals surface area contributed by atoms with Gasteiger partial charge in [-0.3, -0.25) is 5.32 Å². The number of fused-ring (bicyclic) bond motifs is 1. The highest BCUT2D eigenvalue weighted by Gasteiger charge is 2.41. The smallest absolute Gasteiger partial charge is 0.373 e. The Hall–Kier alpha value is -2.71. The number of rotatable bonds is 6. The number of hydrogen-bond acceptors (Lipinski definition) is 5. The van der Waals surface area contributed by atoms with Gasteiger partial charge in [-0.15, -0.1) is 0 Å². The Balaban J connectivity index is 1.37. The van der Waals surface area contributed by atoms with E-state index in [4.69, 9.17) is 0 Å². The Labute approximate surface area is 194 Å². The molecule has 0 radical (unpaired) electrons. The van der Waals surface area contributed by atoms with Crippen molar-refractivity contribution in [1.29, 1.82) is 0 Å². The maximum atomic E-state index is 13.6. The molecular weight excluding hydrogens is 507 g/mol. The molecule has 2 aromatic heterocycles. The summed E-state index contributed by atoms with van der Waals surface area (Å²) in [6, 6.07) is 3.18. The highest BCUT2D eigenvalue weighted by molar-refractivity contribution is 7.92. The molecule has 4 rings (SSSR count). The fourth-order valence-electron chi connectivity index (χ4n) is 3.87. The van der Waals surface area contributed by atoms with Crippen molar-refractivity contribution in [2.45, 2.75) is 41.6 Å². The third-order valence-corrected chi connectivity index (χ3v) is 7.99. The van der Waals surface area contributed by atoms with Crippen LogP contribution in [0.3, 0.4) is 0 Å². The van der Waals surface area contributed by atoms with Gasteiger partial charge in [0.05, 0.1) is 21.3 Å².